The zero-order valence-electron chi connectivity index (χ0n) is 10.4. The Labute approximate surface area is 102 Å². The molecule has 0 fully saturated rings. The predicted octanol–water partition coefficient (Wildman–Crippen LogP) is 1.15. The Morgan fingerprint density at radius 3 is 2.82 bits per heavy atom. The maximum Gasteiger partial charge on any atom is 0.220 e. The van der Waals surface area contributed by atoms with Gasteiger partial charge in [0, 0.05) is 36.9 Å². The van der Waals surface area contributed by atoms with Gasteiger partial charge in [0.25, 0.3) is 0 Å². The highest BCUT2D eigenvalue weighted by Gasteiger charge is 2.17. The lowest BCUT2D eigenvalue weighted by molar-refractivity contribution is -0.121. The molecule has 0 atom stereocenters. The minimum atomic E-state index is -0.263. The molecule has 1 rings (SSSR count). The molecule has 0 spiro atoms. The van der Waals surface area contributed by atoms with Crippen molar-refractivity contribution in [3.05, 3.63) is 30.1 Å². The molecule has 0 saturated carbocycles. The van der Waals surface area contributed by atoms with Gasteiger partial charge < -0.3 is 10.4 Å². The number of nitrogens with zero attached hydrogens (tertiary/aromatic N) is 1. The molecule has 0 aliphatic carbocycles. The van der Waals surface area contributed by atoms with E-state index in [0.717, 1.165) is 5.69 Å². The number of amides is 1. The molecule has 17 heavy (non-hydrogen) atoms. The van der Waals surface area contributed by atoms with Crippen LogP contribution in [-0.2, 0) is 11.2 Å². The minimum Gasteiger partial charge on any atom is -0.396 e. The van der Waals surface area contributed by atoms with Gasteiger partial charge in [0.1, 0.15) is 0 Å². The Morgan fingerprint density at radius 1 is 1.47 bits per heavy atom. The molecule has 4 nitrogen and oxygen atoms in total. The molecule has 2 N–H and O–H groups in total. The van der Waals surface area contributed by atoms with Crippen molar-refractivity contribution in [3.8, 4) is 0 Å². The lowest BCUT2D eigenvalue weighted by Crippen LogP contribution is -2.36. The number of aliphatic hydroxyl groups excluding tert-OH is 1. The van der Waals surface area contributed by atoms with E-state index in [1.807, 2.05) is 32.0 Å². The van der Waals surface area contributed by atoms with Gasteiger partial charge in [-0.15, -0.1) is 0 Å². The average Bonchev–Trinajstić information content (AvgIpc) is 2.35. The largest absolute Gasteiger partial charge is 0.396 e. The van der Waals surface area contributed by atoms with Gasteiger partial charge in [-0.2, -0.15) is 0 Å². The van der Waals surface area contributed by atoms with Crippen LogP contribution in [0.5, 0.6) is 0 Å². The molecule has 0 bridgehead atoms. The second-order valence-corrected chi connectivity index (χ2v) is 4.92. The van der Waals surface area contributed by atoms with E-state index in [1.54, 1.807) is 6.20 Å². The topological polar surface area (TPSA) is 62.2 Å². The van der Waals surface area contributed by atoms with Crippen molar-refractivity contribution in [2.24, 2.45) is 5.41 Å². The van der Waals surface area contributed by atoms with Crippen molar-refractivity contribution < 1.29 is 9.90 Å². The third kappa shape index (κ3) is 5.45. The third-order valence-electron chi connectivity index (χ3n) is 2.53. The predicted molar refractivity (Wildman–Crippen MR) is 66.4 cm³/mol. The molecule has 1 heterocycles. The molecule has 1 aromatic rings. The Balaban J connectivity index is 2.27. The molecule has 0 aliphatic rings. The van der Waals surface area contributed by atoms with E-state index in [9.17, 15) is 4.79 Å². The highest BCUT2D eigenvalue weighted by molar-refractivity contribution is 5.76. The summed E-state index contributed by atoms with van der Waals surface area (Å²) in [6, 6.07) is 5.67. The Morgan fingerprint density at radius 2 is 2.24 bits per heavy atom. The third-order valence-corrected chi connectivity index (χ3v) is 2.53. The highest BCUT2D eigenvalue weighted by atomic mass is 16.3. The number of aromatic nitrogens is 1. The first-order chi connectivity index (χ1) is 8.03. The van der Waals surface area contributed by atoms with E-state index >= 15 is 0 Å². The summed E-state index contributed by atoms with van der Waals surface area (Å²) in [5, 5.41) is 11.9. The molecule has 4 heteroatoms. The number of pyridine rings is 1. The van der Waals surface area contributed by atoms with Crippen molar-refractivity contribution in [1.82, 2.24) is 10.3 Å². The average molecular weight is 236 g/mol. The van der Waals surface area contributed by atoms with Gasteiger partial charge in [-0.3, -0.25) is 9.78 Å². The summed E-state index contributed by atoms with van der Waals surface area (Å²) in [5.41, 5.74) is 0.657. The van der Waals surface area contributed by atoms with E-state index in [-0.39, 0.29) is 17.9 Å². The zero-order valence-corrected chi connectivity index (χ0v) is 10.4. The number of hydrogen-bond donors (Lipinski definition) is 2. The van der Waals surface area contributed by atoms with Gasteiger partial charge in [-0.25, -0.2) is 0 Å². The first-order valence-electron chi connectivity index (χ1n) is 5.81. The summed E-state index contributed by atoms with van der Waals surface area (Å²) in [6.45, 7) is 4.37. The molecular formula is C13H20N2O2. The maximum atomic E-state index is 11.6. The number of carbonyl (C=O) groups is 1. The fourth-order valence-corrected chi connectivity index (χ4v) is 1.27. The standard InChI is InChI=1S/C13H20N2O2/c1-13(2,10-16)9-15-12(17)7-6-11-5-3-4-8-14-11/h3-5,8,16H,6-7,9-10H2,1-2H3,(H,15,17). The fourth-order valence-electron chi connectivity index (χ4n) is 1.27. The van der Waals surface area contributed by atoms with Crippen LogP contribution in [0.2, 0.25) is 0 Å². The van der Waals surface area contributed by atoms with Crippen LogP contribution in [0.25, 0.3) is 0 Å². The number of aryl methyl sites for hydroxylation is 1. The molecule has 0 aliphatic heterocycles. The van der Waals surface area contributed by atoms with Crippen LogP contribution in [-0.4, -0.2) is 29.1 Å². The SMILES string of the molecule is CC(C)(CO)CNC(=O)CCc1ccccn1. The van der Waals surface area contributed by atoms with Crippen molar-refractivity contribution in [1.29, 1.82) is 0 Å². The Kier molecular flexibility index (Phi) is 5.10. The van der Waals surface area contributed by atoms with Crippen molar-refractivity contribution >= 4 is 5.91 Å². The molecule has 94 valence electrons. The summed E-state index contributed by atoms with van der Waals surface area (Å²) in [5.74, 6) is -0.00261. The van der Waals surface area contributed by atoms with Crippen molar-refractivity contribution in [3.63, 3.8) is 0 Å². The minimum absolute atomic E-state index is 0.00261. The smallest absolute Gasteiger partial charge is 0.220 e. The second-order valence-electron chi connectivity index (χ2n) is 4.92. The van der Waals surface area contributed by atoms with Crippen molar-refractivity contribution in [2.75, 3.05) is 13.2 Å². The summed E-state index contributed by atoms with van der Waals surface area (Å²) >= 11 is 0. The maximum absolute atomic E-state index is 11.6. The van der Waals surface area contributed by atoms with Crippen LogP contribution >= 0.6 is 0 Å². The molecule has 1 amide bonds. The Bertz CT molecular complexity index is 350. The Hall–Kier alpha value is -1.42. The van der Waals surface area contributed by atoms with Crippen LogP contribution < -0.4 is 5.32 Å². The summed E-state index contributed by atoms with van der Waals surface area (Å²) in [6.07, 6.45) is 2.80. The van der Waals surface area contributed by atoms with Crippen LogP contribution in [0.4, 0.5) is 0 Å². The highest BCUT2D eigenvalue weighted by Crippen LogP contribution is 2.11. The van der Waals surface area contributed by atoms with E-state index in [1.165, 1.54) is 0 Å². The van der Waals surface area contributed by atoms with Gasteiger partial charge in [0.15, 0.2) is 0 Å². The quantitative estimate of drug-likeness (QED) is 0.779. The first kappa shape index (κ1) is 13.6. The van der Waals surface area contributed by atoms with Crippen LogP contribution in [0.15, 0.2) is 24.4 Å². The molecular weight excluding hydrogens is 216 g/mol. The summed E-state index contributed by atoms with van der Waals surface area (Å²) in [7, 11) is 0. The second kappa shape index (κ2) is 6.35. The molecule has 0 saturated heterocycles. The number of aliphatic hydroxyl groups is 1. The summed E-state index contributed by atoms with van der Waals surface area (Å²) in [4.78, 5) is 15.7. The first-order valence-corrected chi connectivity index (χ1v) is 5.81. The molecule has 0 aromatic carbocycles. The van der Waals surface area contributed by atoms with Gasteiger partial charge in [-0.05, 0) is 18.6 Å². The number of nitrogens with one attached hydrogen (secondary N) is 1. The van der Waals surface area contributed by atoms with E-state index in [4.69, 9.17) is 5.11 Å². The van der Waals surface area contributed by atoms with E-state index in [2.05, 4.69) is 10.3 Å². The molecule has 0 radical (unpaired) electrons. The van der Waals surface area contributed by atoms with Gasteiger partial charge in [0.2, 0.25) is 5.91 Å². The van der Waals surface area contributed by atoms with Crippen LogP contribution in [0.3, 0.4) is 0 Å². The van der Waals surface area contributed by atoms with Gasteiger partial charge in [0.05, 0.1) is 0 Å². The van der Waals surface area contributed by atoms with E-state index < -0.39 is 0 Å². The van der Waals surface area contributed by atoms with Crippen LogP contribution in [0, 0.1) is 5.41 Å². The number of hydrogen-bond acceptors (Lipinski definition) is 3. The van der Waals surface area contributed by atoms with Crippen molar-refractivity contribution in [2.45, 2.75) is 26.7 Å². The van der Waals surface area contributed by atoms with E-state index in [0.29, 0.717) is 19.4 Å². The van der Waals surface area contributed by atoms with Gasteiger partial charge in [-0.1, -0.05) is 19.9 Å². The molecule has 0 unspecified atom stereocenters. The fraction of sp³-hybridized carbons (Fsp3) is 0.538. The monoisotopic (exact) mass is 236 g/mol. The normalized spacial score (nSPS) is 11.2. The lowest BCUT2D eigenvalue weighted by atomic mass is 9.95. The number of carbonyl (C=O) groups excluding carboxylic acids is 1. The lowest BCUT2D eigenvalue weighted by Gasteiger charge is -2.21. The summed E-state index contributed by atoms with van der Waals surface area (Å²) < 4.78 is 0. The van der Waals surface area contributed by atoms with Gasteiger partial charge >= 0.3 is 0 Å². The van der Waals surface area contributed by atoms with Crippen LogP contribution in [0.1, 0.15) is 26.0 Å². The zero-order chi connectivity index (χ0) is 12.7. The number of rotatable bonds is 6. The molecule has 1 aromatic heterocycles.